The Morgan fingerprint density at radius 1 is 1.25 bits per heavy atom. The monoisotopic (exact) mass is 392 g/mol. The number of aromatic nitrogens is 2. The number of nitrogen functional groups attached to an aromatic ring is 1. The molecule has 0 aliphatic carbocycles. The van der Waals surface area contributed by atoms with Crippen LogP contribution in [-0.4, -0.2) is 49.7 Å². The molecule has 0 saturated carbocycles. The Hall–Kier alpha value is -2.09. The summed E-state index contributed by atoms with van der Waals surface area (Å²) in [6, 6.07) is 0.220. The molecule has 0 bridgehead atoms. The van der Waals surface area contributed by atoms with Crippen LogP contribution in [0.4, 0.5) is 17.3 Å². The minimum atomic E-state index is 0.220. The minimum Gasteiger partial charge on any atom is -0.463 e. The Labute approximate surface area is 168 Å². The number of amides is 1. The summed E-state index contributed by atoms with van der Waals surface area (Å²) in [4.78, 5) is 21.9. The van der Waals surface area contributed by atoms with Gasteiger partial charge >= 0.3 is 6.01 Å². The first-order valence-corrected chi connectivity index (χ1v) is 10.6. The van der Waals surface area contributed by atoms with E-state index in [1.54, 1.807) is 11.9 Å². The molecule has 1 aromatic rings. The number of nitrogens with zero attached hydrogens (tertiary/aromatic N) is 3. The van der Waals surface area contributed by atoms with Crippen molar-refractivity contribution >= 4 is 23.7 Å². The lowest BCUT2D eigenvalue weighted by atomic mass is 9.92. The van der Waals surface area contributed by atoms with Gasteiger partial charge in [-0.05, 0) is 44.7 Å². The van der Waals surface area contributed by atoms with Crippen molar-refractivity contribution < 1.29 is 9.53 Å². The van der Waals surface area contributed by atoms with Crippen molar-refractivity contribution in [2.24, 2.45) is 5.92 Å². The van der Waals surface area contributed by atoms with Crippen molar-refractivity contribution in [3.05, 3.63) is 0 Å². The number of unbranched alkanes of at least 4 members (excludes halogenated alkanes) is 3. The van der Waals surface area contributed by atoms with Crippen LogP contribution in [0.15, 0.2) is 0 Å². The molecule has 1 fully saturated rings. The van der Waals surface area contributed by atoms with Crippen molar-refractivity contribution in [2.75, 3.05) is 49.2 Å². The Morgan fingerprint density at radius 2 is 2.04 bits per heavy atom. The average Bonchev–Trinajstić information content (AvgIpc) is 2.71. The fraction of sp³-hybridized carbons (Fsp3) is 0.750. The molecule has 8 nitrogen and oxygen atoms in total. The van der Waals surface area contributed by atoms with Gasteiger partial charge in [-0.3, -0.25) is 9.69 Å². The first-order chi connectivity index (χ1) is 13.7. The summed E-state index contributed by atoms with van der Waals surface area (Å²) in [5.74, 6) is 1.62. The summed E-state index contributed by atoms with van der Waals surface area (Å²) in [5, 5.41) is 6.41. The number of ether oxygens (including phenoxy) is 1. The molecule has 0 spiro atoms. The quantitative estimate of drug-likeness (QED) is 0.350. The van der Waals surface area contributed by atoms with E-state index in [1.165, 1.54) is 25.7 Å². The summed E-state index contributed by atoms with van der Waals surface area (Å²) in [5.41, 5.74) is 6.61. The van der Waals surface area contributed by atoms with Gasteiger partial charge in [0.15, 0.2) is 11.6 Å². The van der Waals surface area contributed by atoms with Gasteiger partial charge in [0, 0.05) is 13.6 Å². The van der Waals surface area contributed by atoms with E-state index in [1.807, 2.05) is 0 Å². The Bertz CT molecular complexity index is 592. The third-order valence-electron chi connectivity index (χ3n) is 5.25. The van der Waals surface area contributed by atoms with E-state index < -0.39 is 0 Å². The van der Waals surface area contributed by atoms with Gasteiger partial charge in [0.05, 0.1) is 6.61 Å². The topological polar surface area (TPSA) is 105 Å². The summed E-state index contributed by atoms with van der Waals surface area (Å²) in [7, 11) is 1.75. The van der Waals surface area contributed by atoms with Gasteiger partial charge in [0.25, 0.3) is 0 Å². The van der Waals surface area contributed by atoms with Crippen LogP contribution >= 0.6 is 0 Å². The number of carbonyl (C=O) groups is 1. The van der Waals surface area contributed by atoms with E-state index in [-0.39, 0.29) is 11.8 Å². The molecule has 1 aliphatic rings. The lowest BCUT2D eigenvalue weighted by Gasteiger charge is -2.23. The molecule has 1 aliphatic heterocycles. The summed E-state index contributed by atoms with van der Waals surface area (Å²) < 4.78 is 5.59. The van der Waals surface area contributed by atoms with Crippen molar-refractivity contribution in [1.82, 2.24) is 15.3 Å². The largest absolute Gasteiger partial charge is 0.463 e. The highest BCUT2D eigenvalue weighted by Gasteiger charge is 2.18. The summed E-state index contributed by atoms with van der Waals surface area (Å²) in [6.45, 7) is 5.52. The highest BCUT2D eigenvalue weighted by Crippen LogP contribution is 2.30. The van der Waals surface area contributed by atoms with Crippen molar-refractivity contribution in [3.8, 4) is 6.01 Å². The zero-order valence-corrected chi connectivity index (χ0v) is 17.4. The number of anilines is 3. The van der Waals surface area contributed by atoms with Crippen molar-refractivity contribution in [3.63, 3.8) is 0 Å². The number of piperidine rings is 1. The molecule has 2 heterocycles. The number of nitrogens with one attached hydrogen (secondary N) is 2. The molecule has 0 atom stereocenters. The van der Waals surface area contributed by atoms with Crippen LogP contribution in [0.25, 0.3) is 0 Å². The van der Waals surface area contributed by atoms with E-state index in [0.29, 0.717) is 24.7 Å². The summed E-state index contributed by atoms with van der Waals surface area (Å²) in [6.07, 6.45) is 9.83. The maximum Gasteiger partial charge on any atom is 0.320 e. The van der Waals surface area contributed by atoms with Crippen LogP contribution in [0.2, 0.25) is 0 Å². The van der Waals surface area contributed by atoms with Gasteiger partial charge in [-0.25, -0.2) is 0 Å². The molecular formula is C20H36N6O2. The van der Waals surface area contributed by atoms with Gasteiger partial charge in [0.2, 0.25) is 6.41 Å². The molecule has 0 aromatic carbocycles. The maximum absolute atomic E-state index is 11.7. The number of rotatable bonds is 13. The van der Waals surface area contributed by atoms with Gasteiger partial charge < -0.3 is 21.1 Å². The van der Waals surface area contributed by atoms with E-state index in [0.717, 1.165) is 51.1 Å². The normalized spacial score (nSPS) is 14.6. The van der Waals surface area contributed by atoms with E-state index in [4.69, 9.17) is 10.5 Å². The minimum absolute atomic E-state index is 0.220. The third kappa shape index (κ3) is 6.82. The standard InChI is InChI=1S/C20H36N6O2/c1-3-4-14-28-20-24-18(21)17(22-2)19(25-20)26(15-27)13-7-5-6-8-16-9-11-23-12-10-16/h15-16,22-23H,3-14H2,1-2H3,(H2,21,24,25). The average molecular weight is 393 g/mol. The van der Waals surface area contributed by atoms with E-state index >= 15 is 0 Å². The molecular weight excluding hydrogens is 356 g/mol. The van der Waals surface area contributed by atoms with Crippen LogP contribution in [0, 0.1) is 5.92 Å². The van der Waals surface area contributed by atoms with E-state index in [2.05, 4.69) is 27.5 Å². The lowest BCUT2D eigenvalue weighted by Crippen LogP contribution is -2.27. The molecule has 8 heteroatoms. The predicted octanol–water partition coefficient (Wildman–Crippen LogP) is 2.80. The van der Waals surface area contributed by atoms with Gasteiger partial charge in [-0.1, -0.05) is 32.6 Å². The Kier molecular flexibility index (Phi) is 9.82. The fourth-order valence-corrected chi connectivity index (χ4v) is 3.54. The van der Waals surface area contributed by atoms with Gasteiger partial charge in [0.1, 0.15) is 5.69 Å². The first-order valence-electron chi connectivity index (χ1n) is 10.6. The van der Waals surface area contributed by atoms with Gasteiger partial charge in [-0.15, -0.1) is 0 Å². The molecule has 0 unspecified atom stereocenters. The number of nitrogens with two attached hydrogens (primary N) is 1. The molecule has 28 heavy (non-hydrogen) atoms. The molecule has 4 N–H and O–H groups in total. The third-order valence-corrected chi connectivity index (χ3v) is 5.25. The molecule has 2 rings (SSSR count). The number of carbonyl (C=O) groups excluding carboxylic acids is 1. The second-order valence-electron chi connectivity index (χ2n) is 7.38. The van der Waals surface area contributed by atoms with Gasteiger partial charge in [-0.2, -0.15) is 9.97 Å². The fourth-order valence-electron chi connectivity index (χ4n) is 3.54. The lowest BCUT2D eigenvalue weighted by molar-refractivity contribution is -0.107. The molecule has 1 amide bonds. The zero-order valence-electron chi connectivity index (χ0n) is 17.4. The zero-order chi connectivity index (χ0) is 20.2. The van der Waals surface area contributed by atoms with Crippen LogP contribution in [-0.2, 0) is 4.79 Å². The van der Waals surface area contributed by atoms with Crippen molar-refractivity contribution in [2.45, 2.75) is 58.3 Å². The number of hydrogen-bond donors (Lipinski definition) is 3. The maximum atomic E-state index is 11.7. The first kappa shape index (κ1) is 22.2. The molecule has 1 saturated heterocycles. The second-order valence-corrected chi connectivity index (χ2v) is 7.38. The predicted molar refractivity (Wildman–Crippen MR) is 114 cm³/mol. The van der Waals surface area contributed by atoms with Crippen LogP contribution < -0.4 is 26.0 Å². The highest BCUT2D eigenvalue weighted by atomic mass is 16.5. The van der Waals surface area contributed by atoms with Crippen LogP contribution in [0.3, 0.4) is 0 Å². The van der Waals surface area contributed by atoms with E-state index in [9.17, 15) is 4.79 Å². The SMILES string of the molecule is CCCCOc1nc(N)c(NC)c(N(C=O)CCCCCC2CCNCC2)n1. The molecule has 158 valence electrons. The summed E-state index contributed by atoms with van der Waals surface area (Å²) >= 11 is 0. The smallest absolute Gasteiger partial charge is 0.320 e. The number of hydrogen-bond acceptors (Lipinski definition) is 7. The van der Waals surface area contributed by atoms with Crippen LogP contribution in [0.5, 0.6) is 6.01 Å². The Morgan fingerprint density at radius 3 is 2.71 bits per heavy atom. The molecule has 0 radical (unpaired) electrons. The molecule has 1 aromatic heterocycles. The Balaban J connectivity index is 1.90. The highest BCUT2D eigenvalue weighted by molar-refractivity contribution is 5.85. The van der Waals surface area contributed by atoms with Crippen LogP contribution in [0.1, 0.15) is 58.3 Å². The second kappa shape index (κ2) is 12.4. The van der Waals surface area contributed by atoms with Crippen molar-refractivity contribution in [1.29, 1.82) is 0 Å².